The molecule has 4 heteroatoms. The first kappa shape index (κ1) is 14.3. The third-order valence-electron chi connectivity index (χ3n) is 3.30. The fourth-order valence-electron chi connectivity index (χ4n) is 2.20. The van der Waals surface area contributed by atoms with Crippen molar-refractivity contribution in [2.24, 2.45) is 5.73 Å². The Bertz CT molecular complexity index is 579. The second-order valence-electron chi connectivity index (χ2n) is 4.81. The first-order chi connectivity index (χ1) is 9.63. The Morgan fingerprint density at radius 2 is 1.90 bits per heavy atom. The number of benzene rings is 1. The number of nitrogens with zero attached hydrogens (tertiary/aromatic N) is 1. The molecule has 1 aromatic heterocycles. The van der Waals surface area contributed by atoms with Crippen LogP contribution in [0.1, 0.15) is 22.4 Å². The second-order valence-corrected chi connectivity index (χ2v) is 4.81. The highest BCUT2D eigenvalue weighted by molar-refractivity contribution is 5.49. The zero-order chi connectivity index (χ0) is 14.5. The molecule has 0 aliphatic heterocycles. The molecule has 0 saturated heterocycles. The summed E-state index contributed by atoms with van der Waals surface area (Å²) in [6.45, 7) is 5.26. The van der Waals surface area contributed by atoms with Crippen molar-refractivity contribution in [2.75, 3.05) is 12.4 Å². The van der Waals surface area contributed by atoms with Crippen molar-refractivity contribution in [1.29, 1.82) is 0 Å². The largest absolute Gasteiger partial charge is 0.497 e. The topological polar surface area (TPSA) is 60.2 Å². The van der Waals surface area contributed by atoms with Crippen LogP contribution in [0.2, 0.25) is 0 Å². The number of pyridine rings is 1. The highest BCUT2D eigenvalue weighted by Crippen LogP contribution is 2.19. The van der Waals surface area contributed by atoms with E-state index in [2.05, 4.69) is 23.3 Å². The van der Waals surface area contributed by atoms with E-state index in [0.29, 0.717) is 13.1 Å². The van der Waals surface area contributed by atoms with Gasteiger partial charge in [0.05, 0.1) is 7.11 Å². The van der Waals surface area contributed by atoms with E-state index in [4.69, 9.17) is 10.5 Å². The molecule has 0 bridgehead atoms. The molecule has 106 valence electrons. The maximum Gasteiger partial charge on any atom is 0.131 e. The summed E-state index contributed by atoms with van der Waals surface area (Å²) in [6, 6.07) is 10.0. The number of anilines is 1. The summed E-state index contributed by atoms with van der Waals surface area (Å²) in [7, 11) is 1.67. The van der Waals surface area contributed by atoms with Crippen molar-refractivity contribution in [1.82, 2.24) is 4.98 Å². The van der Waals surface area contributed by atoms with Crippen LogP contribution in [0.5, 0.6) is 5.75 Å². The molecule has 20 heavy (non-hydrogen) atoms. The minimum absolute atomic E-state index is 0.490. The Morgan fingerprint density at radius 3 is 2.50 bits per heavy atom. The van der Waals surface area contributed by atoms with Crippen LogP contribution >= 0.6 is 0 Å². The molecule has 2 rings (SSSR count). The Kier molecular flexibility index (Phi) is 4.58. The lowest BCUT2D eigenvalue weighted by atomic mass is 10.1. The molecule has 0 fully saturated rings. The lowest BCUT2D eigenvalue weighted by Gasteiger charge is -2.13. The molecule has 0 unspecified atom stereocenters. The SMILES string of the molecule is COc1ccc(CNc2nc(C)cc(C)c2CN)cc1. The van der Waals surface area contributed by atoms with Gasteiger partial charge in [-0.25, -0.2) is 4.98 Å². The molecule has 0 saturated carbocycles. The van der Waals surface area contributed by atoms with Gasteiger partial charge in [0.2, 0.25) is 0 Å². The van der Waals surface area contributed by atoms with Crippen LogP contribution in [0.3, 0.4) is 0 Å². The quantitative estimate of drug-likeness (QED) is 0.878. The van der Waals surface area contributed by atoms with Crippen LogP contribution in [0, 0.1) is 13.8 Å². The smallest absolute Gasteiger partial charge is 0.131 e. The molecule has 0 amide bonds. The van der Waals surface area contributed by atoms with Crippen LogP contribution in [0.4, 0.5) is 5.82 Å². The third-order valence-corrected chi connectivity index (χ3v) is 3.30. The number of nitrogens with two attached hydrogens (primary N) is 1. The first-order valence-electron chi connectivity index (χ1n) is 6.68. The number of nitrogens with one attached hydrogen (secondary N) is 1. The van der Waals surface area contributed by atoms with E-state index in [1.54, 1.807) is 7.11 Å². The van der Waals surface area contributed by atoms with Gasteiger partial charge < -0.3 is 15.8 Å². The monoisotopic (exact) mass is 271 g/mol. The van der Waals surface area contributed by atoms with Crippen molar-refractivity contribution < 1.29 is 4.74 Å². The van der Waals surface area contributed by atoms with Crippen molar-refractivity contribution >= 4 is 5.82 Å². The molecular formula is C16H21N3O. The standard InChI is InChI=1S/C16H21N3O/c1-11-8-12(2)19-16(15(11)9-17)18-10-13-4-6-14(20-3)7-5-13/h4-8H,9-10,17H2,1-3H3,(H,18,19). The van der Waals surface area contributed by atoms with Gasteiger partial charge in [0.15, 0.2) is 0 Å². The van der Waals surface area contributed by atoms with Crippen LogP contribution in [-0.4, -0.2) is 12.1 Å². The summed E-state index contributed by atoms with van der Waals surface area (Å²) in [6.07, 6.45) is 0. The van der Waals surface area contributed by atoms with Crippen LogP contribution < -0.4 is 15.8 Å². The molecule has 2 aromatic rings. The molecule has 0 spiro atoms. The van der Waals surface area contributed by atoms with Crippen molar-refractivity contribution in [2.45, 2.75) is 26.9 Å². The van der Waals surface area contributed by atoms with Gasteiger partial charge >= 0.3 is 0 Å². The van der Waals surface area contributed by atoms with Gasteiger partial charge in [-0.05, 0) is 43.2 Å². The number of methoxy groups -OCH3 is 1. The number of aryl methyl sites for hydroxylation is 2. The van der Waals surface area contributed by atoms with Gasteiger partial charge in [-0.15, -0.1) is 0 Å². The normalized spacial score (nSPS) is 10.4. The Labute approximate surface area is 120 Å². The predicted molar refractivity (Wildman–Crippen MR) is 81.9 cm³/mol. The van der Waals surface area contributed by atoms with Crippen LogP contribution in [-0.2, 0) is 13.1 Å². The van der Waals surface area contributed by atoms with Gasteiger partial charge in [-0.1, -0.05) is 12.1 Å². The Hall–Kier alpha value is -2.07. The van der Waals surface area contributed by atoms with Crippen molar-refractivity contribution in [3.8, 4) is 5.75 Å². The molecule has 1 heterocycles. The highest BCUT2D eigenvalue weighted by atomic mass is 16.5. The van der Waals surface area contributed by atoms with Crippen molar-refractivity contribution in [3.05, 3.63) is 52.7 Å². The zero-order valence-corrected chi connectivity index (χ0v) is 12.2. The molecule has 3 N–H and O–H groups in total. The number of aromatic nitrogens is 1. The van der Waals surface area contributed by atoms with E-state index in [1.165, 1.54) is 11.1 Å². The molecule has 1 aromatic carbocycles. The predicted octanol–water partition coefficient (Wildman–Crippen LogP) is 2.78. The number of ether oxygens (including phenoxy) is 1. The fourth-order valence-corrected chi connectivity index (χ4v) is 2.20. The second kappa shape index (κ2) is 6.39. The Morgan fingerprint density at radius 1 is 1.20 bits per heavy atom. The molecule has 0 radical (unpaired) electrons. The average Bonchev–Trinajstić information content (AvgIpc) is 2.45. The van der Waals surface area contributed by atoms with Crippen LogP contribution in [0.25, 0.3) is 0 Å². The molecule has 0 aliphatic carbocycles. The molecule has 0 aliphatic rings. The number of hydrogen-bond acceptors (Lipinski definition) is 4. The molecular weight excluding hydrogens is 250 g/mol. The van der Waals surface area contributed by atoms with Gasteiger partial charge in [0.1, 0.15) is 11.6 Å². The van der Waals surface area contributed by atoms with E-state index in [9.17, 15) is 0 Å². The van der Waals surface area contributed by atoms with E-state index < -0.39 is 0 Å². The van der Waals surface area contributed by atoms with Gasteiger partial charge in [0, 0.05) is 24.3 Å². The van der Waals surface area contributed by atoms with Crippen LogP contribution in [0.15, 0.2) is 30.3 Å². The lowest BCUT2D eigenvalue weighted by molar-refractivity contribution is 0.414. The summed E-state index contributed by atoms with van der Waals surface area (Å²) in [5.74, 6) is 1.74. The fraction of sp³-hybridized carbons (Fsp3) is 0.312. The van der Waals surface area contributed by atoms with E-state index in [0.717, 1.165) is 22.8 Å². The summed E-state index contributed by atoms with van der Waals surface area (Å²) < 4.78 is 5.15. The average molecular weight is 271 g/mol. The molecule has 4 nitrogen and oxygen atoms in total. The zero-order valence-electron chi connectivity index (χ0n) is 12.2. The third kappa shape index (κ3) is 3.27. The minimum Gasteiger partial charge on any atom is -0.497 e. The first-order valence-corrected chi connectivity index (χ1v) is 6.68. The minimum atomic E-state index is 0.490. The number of rotatable bonds is 5. The van der Waals surface area contributed by atoms with E-state index >= 15 is 0 Å². The van der Waals surface area contributed by atoms with Gasteiger partial charge in [-0.2, -0.15) is 0 Å². The lowest BCUT2D eigenvalue weighted by Crippen LogP contribution is -2.10. The van der Waals surface area contributed by atoms with Crippen molar-refractivity contribution in [3.63, 3.8) is 0 Å². The number of hydrogen-bond donors (Lipinski definition) is 2. The summed E-state index contributed by atoms with van der Waals surface area (Å²) in [4.78, 5) is 4.54. The summed E-state index contributed by atoms with van der Waals surface area (Å²) >= 11 is 0. The highest BCUT2D eigenvalue weighted by Gasteiger charge is 2.07. The summed E-state index contributed by atoms with van der Waals surface area (Å²) in [5.41, 5.74) is 10.2. The Balaban J connectivity index is 2.13. The van der Waals surface area contributed by atoms with Gasteiger partial charge in [-0.3, -0.25) is 0 Å². The van der Waals surface area contributed by atoms with E-state index in [1.807, 2.05) is 31.2 Å². The van der Waals surface area contributed by atoms with E-state index in [-0.39, 0.29) is 0 Å². The molecule has 0 atom stereocenters. The maximum atomic E-state index is 5.81. The van der Waals surface area contributed by atoms with Gasteiger partial charge in [0.25, 0.3) is 0 Å². The summed E-state index contributed by atoms with van der Waals surface area (Å²) in [5, 5.41) is 3.37. The maximum absolute atomic E-state index is 5.81.